The topological polar surface area (TPSA) is 41.1 Å². The van der Waals surface area contributed by atoms with Crippen molar-refractivity contribution in [2.45, 2.75) is 104 Å². The fourth-order valence-electron chi connectivity index (χ4n) is 2.64. The van der Waals surface area contributed by atoms with Crippen molar-refractivity contribution in [2.75, 3.05) is 0 Å². The van der Waals surface area contributed by atoms with Crippen LogP contribution in [0, 0.1) is 25.9 Å². The van der Waals surface area contributed by atoms with Gasteiger partial charge in [-0.3, -0.25) is 0 Å². The van der Waals surface area contributed by atoms with Crippen LogP contribution in [0.5, 0.6) is 0 Å². The van der Waals surface area contributed by atoms with E-state index in [0.717, 1.165) is 38.5 Å². The summed E-state index contributed by atoms with van der Waals surface area (Å²) in [5, 5.41) is 5.57. The van der Waals surface area contributed by atoms with Crippen LogP contribution in [0.25, 0.3) is 0 Å². The van der Waals surface area contributed by atoms with Crippen molar-refractivity contribution in [3.8, 4) is 0 Å². The van der Waals surface area contributed by atoms with Gasteiger partial charge in [-0.2, -0.15) is 0 Å². The molecule has 140 valence electrons. The third kappa shape index (κ3) is 16.1. The zero-order valence-corrected chi connectivity index (χ0v) is 16.2. The van der Waals surface area contributed by atoms with E-state index in [2.05, 4.69) is 31.4 Å². The average molecular weight is 337 g/mol. The molecule has 0 aliphatic rings. The van der Waals surface area contributed by atoms with Crippen molar-refractivity contribution in [3.05, 3.63) is 25.9 Å². The number of amides is 2. The van der Waals surface area contributed by atoms with Gasteiger partial charge in [-0.15, -0.1) is 0 Å². The van der Waals surface area contributed by atoms with E-state index in [1.165, 1.54) is 51.4 Å². The number of carbonyl (C=O) groups excluding carboxylic acids is 1. The van der Waals surface area contributed by atoms with Crippen LogP contribution in [0.4, 0.5) is 4.79 Å². The second kappa shape index (κ2) is 18.6. The maximum atomic E-state index is 11.6. The summed E-state index contributed by atoms with van der Waals surface area (Å²) in [6, 6.07) is -0.122. The summed E-state index contributed by atoms with van der Waals surface area (Å²) in [6.07, 6.45) is 16.5. The van der Waals surface area contributed by atoms with Crippen LogP contribution in [0.15, 0.2) is 0 Å². The smallest absolute Gasteiger partial charge is 0.315 e. The van der Waals surface area contributed by atoms with Crippen molar-refractivity contribution < 1.29 is 4.79 Å². The predicted molar refractivity (Wildman–Crippen MR) is 105 cm³/mol. The third-order valence-corrected chi connectivity index (χ3v) is 4.21. The Morgan fingerprint density at radius 3 is 1.79 bits per heavy atom. The first-order valence-corrected chi connectivity index (χ1v) is 10.1. The van der Waals surface area contributed by atoms with Gasteiger partial charge in [0.25, 0.3) is 0 Å². The standard InChI is InChI=1S/C21H40N2O/c1-4-7-10-13-18-22-21(24)23-19-14-11-12-17-20(15-8-5-2)16-9-6-3/h18-19H,1,4-17H2,2-3H3,(H2,22,23,24). The molecule has 3 heteroatoms. The monoisotopic (exact) mass is 336 g/mol. The Labute approximate surface area is 151 Å². The number of unbranched alkanes of at least 4 members (excludes halogenated alkanes) is 7. The van der Waals surface area contributed by atoms with Gasteiger partial charge in [0.15, 0.2) is 0 Å². The van der Waals surface area contributed by atoms with E-state index >= 15 is 0 Å². The Bertz CT molecular complexity index is 261. The molecule has 0 bridgehead atoms. The number of hydrogen-bond acceptors (Lipinski definition) is 1. The van der Waals surface area contributed by atoms with Gasteiger partial charge in [0.05, 0.1) is 13.1 Å². The van der Waals surface area contributed by atoms with Gasteiger partial charge in [-0.05, 0) is 38.0 Å². The second-order valence-corrected chi connectivity index (χ2v) is 6.58. The Morgan fingerprint density at radius 2 is 1.29 bits per heavy atom. The summed E-state index contributed by atoms with van der Waals surface area (Å²) >= 11 is 0. The molecular weight excluding hydrogens is 296 g/mol. The summed E-state index contributed by atoms with van der Waals surface area (Å²) in [5.41, 5.74) is 0. The molecule has 3 nitrogen and oxygen atoms in total. The lowest BCUT2D eigenvalue weighted by atomic mass is 9.91. The molecule has 4 radical (unpaired) electrons. The Balaban J connectivity index is 3.50. The molecule has 0 aliphatic carbocycles. The van der Waals surface area contributed by atoms with Gasteiger partial charge >= 0.3 is 6.03 Å². The summed E-state index contributed by atoms with van der Waals surface area (Å²) < 4.78 is 0. The van der Waals surface area contributed by atoms with Crippen LogP contribution in [0.1, 0.15) is 104 Å². The molecule has 0 saturated carbocycles. The van der Waals surface area contributed by atoms with Crippen molar-refractivity contribution in [2.24, 2.45) is 0 Å². The number of urea groups is 1. The van der Waals surface area contributed by atoms with E-state index in [1.54, 1.807) is 5.92 Å². The summed E-state index contributed by atoms with van der Waals surface area (Å²) in [6.45, 7) is 12.1. The SMILES string of the molecule is [CH2]CCCC[CH]NC(=O)N[CH]CCCC[C](CCCC)CCCC. The minimum Gasteiger partial charge on any atom is -0.333 e. The highest BCUT2D eigenvalue weighted by molar-refractivity contribution is 5.75. The molecule has 0 heterocycles. The Kier molecular flexibility index (Phi) is 18.0. The molecular formula is C21H40N2O. The summed E-state index contributed by atoms with van der Waals surface area (Å²) in [5.74, 6) is 1.75. The zero-order chi connectivity index (χ0) is 17.9. The van der Waals surface area contributed by atoms with Gasteiger partial charge in [0.2, 0.25) is 0 Å². The molecule has 2 N–H and O–H groups in total. The van der Waals surface area contributed by atoms with Crippen LogP contribution < -0.4 is 10.6 Å². The van der Waals surface area contributed by atoms with E-state index in [9.17, 15) is 4.79 Å². The molecule has 0 spiro atoms. The predicted octanol–water partition coefficient (Wildman–Crippen LogP) is 6.52. The lowest BCUT2D eigenvalue weighted by molar-refractivity contribution is 0.244. The largest absolute Gasteiger partial charge is 0.333 e. The van der Waals surface area contributed by atoms with Gasteiger partial charge in [0.1, 0.15) is 0 Å². The van der Waals surface area contributed by atoms with Crippen molar-refractivity contribution in [1.29, 1.82) is 0 Å². The quantitative estimate of drug-likeness (QED) is 0.292. The van der Waals surface area contributed by atoms with E-state index in [-0.39, 0.29) is 6.03 Å². The molecule has 0 aromatic heterocycles. The first-order valence-electron chi connectivity index (χ1n) is 10.1. The fourth-order valence-corrected chi connectivity index (χ4v) is 2.64. The first-order chi connectivity index (χ1) is 11.7. The van der Waals surface area contributed by atoms with Gasteiger partial charge in [-0.25, -0.2) is 4.79 Å². The maximum Gasteiger partial charge on any atom is 0.315 e. The summed E-state index contributed by atoms with van der Waals surface area (Å²) in [7, 11) is 0. The third-order valence-electron chi connectivity index (χ3n) is 4.21. The van der Waals surface area contributed by atoms with Gasteiger partial charge in [-0.1, -0.05) is 78.6 Å². The number of nitrogens with one attached hydrogen (secondary N) is 2. The summed E-state index contributed by atoms with van der Waals surface area (Å²) in [4.78, 5) is 11.6. The molecule has 0 aliphatic heterocycles. The maximum absolute atomic E-state index is 11.6. The molecule has 24 heavy (non-hydrogen) atoms. The van der Waals surface area contributed by atoms with E-state index in [4.69, 9.17) is 0 Å². The molecule has 0 rings (SSSR count). The number of carbonyl (C=O) groups is 1. The van der Waals surface area contributed by atoms with E-state index in [1.807, 2.05) is 13.1 Å². The van der Waals surface area contributed by atoms with Crippen LogP contribution in [0.3, 0.4) is 0 Å². The molecule has 2 amide bonds. The number of hydrogen-bond donors (Lipinski definition) is 2. The fraction of sp³-hybridized carbons (Fsp3) is 0.762. The highest BCUT2D eigenvalue weighted by Gasteiger charge is 2.08. The lowest BCUT2D eigenvalue weighted by Gasteiger charge is -2.15. The zero-order valence-electron chi connectivity index (χ0n) is 16.2. The first kappa shape index (κ1) is 23.3. The highest BCUT2D eigenvalue weighted by atomic mass is 16.2. The van der Waals surface area contributed by atoms with E-state index < -0.39 is 0 Å². The van der Waals surface area contributed by atoms with Crippen LogP contribution >= 0.6 is 0 Å². The molecule has 0 unspecified atom stereocenters. The van der Waals surface area contributed by atoms with Crippen molar-refractivity contribution in [3.63, 3.8) is 0 Å². The lowest BCUT2D eigenvalue weighted by Crippen LogP contribution is -2.32. The second-order valence-electron chi connectivity index (χ2n) is 6.58. The van der Waals surface area contributed by atoms with Crippen LogP contribution in [0.2, 0.25) is 0 Å². The minimum absolute atomic E-state index is 0.122. The highest BCUT2D eigenvalue weighted by Crippen LogP contribution is 2.24. The molecule has 0 aromatic rings. The van der Waals surface area contributed by atoms with Gasteiger partial charge in [0, 0.05) is 0 Å². The van der Waals surface area contributed by atoms with Crippen LogP contribution in [-0.2, 0) is 0 Å². The average Bonchev–Trinajstić information content (AvgIpc) is 2.59. The van der Waals surface area contributed by atoms with Crippen molar-refractivity contribution >= 4 is 6.03 Å². The van der Waals surface area contributed by atoms with Gasteiger partial charge < -0.3 is 10.6 Å². The Hall–Kier alpha value is -0.730. The molecule has 0 aromatic carbocycles. The van der Waals surface area contributed by atoms with Crippen molar-refractivity contribution in [1.82, 2.24) is 10.6 Å². The Morgan fingerprint density at radius 1 is 0.792 bits per heavy atom. The molecule has 0 fully saturated rings. The van der Waals surface area contributed by atoms with E-state index in [0.29, 0.717) is 0 Å². The molecule has 0 saturated heterocycles. The number of rotatable bonds is 17. The minimum atomic E-state index is -0.122. The van der Waals surface area contributed by atoms with Crippen LogP contribution in [-0.4, -0.2) is 6.03 Å². The molecule has 0 atom stereocenters. The normalized spacial score (nSPS) is 11.0.